The zero-order chi connectivity index (χ0) is 37.9. The first kappa shape index (κ1) is 34.2. The third-order valence-electron chi connectivity index (χ3n) is 16.3. The van der Waals surface area contributed by atoms with E-state index in [9.17, 15) is 0 Å². The molecule has 6 aromatic carbocycles. The number of fused-ring (bicyclic) bond motifs is 5. The van der Waals surface area contributed by atoms with Crippen molar-refractivity contribution in [2.45, 2.75) is 94.8 Å². The average Bonchev–Trinajstić information content (AvgIpc) is 3.94. The fraction of sp³-hybridized carbons (Fsp3) is 0.357. The topological polar surface area (TPSA) is 3.24 Å². The molecule has 1 nitrogen and oxygen atoms in total. The van der Waals surface area contributed by atoms with Crippen LogP contribution in [-0.2, 0) is 10.8 Å². The summed E-state index contributed by atoms with van der Waals surface area (Å²) in [5, 5.41) is 0. The van der Waals surface area contributed by atoms with Gasteiger partial charge in [0.25, 0.3) is 0 Å². The molecule has 0 amide bonds. The Morgan fingerprint density at radius 2 is 1.11 bits per heavy atom. The van der Waals surface area contributed by atoms with E-state index in [1.807, 2.05) is 0 Å². The first-order valence-electron chi connectivity index (χ1n) is 22.3. The lowest BCUT2D eigenvalue weighted by molar-refractivity contribution is -0.00516. The summed E-state index contributed by atoms with van der Waals surface area (Å²) in [5.74, 6) is 5.24. The standard InChI is InChI=1S/C56H55N/c1-55(2)51-16-10-9-15-46(51)50-31-49(41-13-7-4-8-14-41)54(32-52(50)55)57(45-22-19-42(20-23-45)47-29-36-17-18-43(47)28-36)53-24-21-44(30-48(53)40-11-5-3-6-12-40)56-33-37-25-38(34-56)27-39(26-37)35-56/h3-16,19-24,30-32,36-39,43,47H,17-18,25-29,33-35H2,1-2H3. The van der Waals surface area contributed by atoms with E-state index in [1.165, 1.54) is 126 Å². The van der Waals surface area contributed by atoms with Crippen LogP contribution in [0.4, 0.5) is 17.1 Å². The van der Waals surface area contributed by atoms with Crippen LogP contribution in [0.5, 0.6) is 0 Å². The molecule has 6 fully saturated rings. The first-order chi connectivity index (χ1) is 27.9. The Morgan fingerprint density at radius 3 is 1.74 bits per heavy atom. The van der Waals surface area contributed by atoms with Crippen molar-refractivity contribution < 1.29 is 0 Å². The maximum atomic E-state index is 2.66. The summed E-state index contributed by atoms with van der Waals surface area (Å²) >= 11 is 0. The van der Waals surface area contributed by atoms with Gasteiger partial charge < -0.3 is 4.90 Å². The van der Waals surface area contributed by atoms with Crippen LogP contribution in [0.25, 0.3) is 33.4 Å². The Kier molecular flexibility index (Phi) is 7.68. The van der Waals surface area contributed by atoms with E-state index >= 15 is 0 Å². The summed E-state index contributed by atoms with van der Waals surface area (Å²) in [4.78, 5) is 2.65. The molecule has 6 aromatic rings. The van der Waals surface area contributed by atoms with E-state index in [0.717, 1.165) is 29.6 Å². The van der Waals surface area contributed by atoms with Crippen molar-refractivity contribution in [2.75, 3.05) is 4.90 Å². The average molecular weight is 742 g/mol. The van der Waals surface area contributed by atoms with Gasteiger partial charge in [-0.05, 0) is 180 Å². The molecule has 0 aliphatic heterocycles. The molecule has 3 unspecified atom stereocenters. The van der Waals surface area contributed by atoms with Crippen LogP contribution in [0.1, 0.15) is 106 Å². The normalized spacial score (nSPS) is 28.4. The van der Waals surface area contributed by atoms with Crippen LogP contribution < -0.4 is 4.90 Å². The van der Waals surface area contributed by atoms with Gasteiger partial charge in [0.1, 0.15) is 0 Å². The van der Waals surface area contributed by atoms with Crippen LogP contribution in [0.15, 0.2) is 140 Å². The first-order valence-corrected chi connectivity index (χ1v) is 22.3. The Labute approximate surface area is 340 Å². The predicted molar refractivity (Wildman–Crippen MR) is 238 cm³/mol. The number of hydrogen-bond donors (Lipinski definition) is 0. The zero-order valence-electron chi connectivity index (χ0n) is 33.8. The third kappa shape index (κ3) is 5.40. The lowest BCUT2D eigenvalue weighted by atomic mass is 9.48. The molecule has 6 saturated carbocycles. The van der Waals surface area contributed by atoms with Crippen molar-refractivity contribution in [3.8, 4) is 33.4 Å². The molecule has 0 heterocycles. The molecule has 57 heavy (non-hydrogen) atoms. The second kappa shape index (κ2) is 12.8. The molecule has 7 aliphatic rings. The largest absolute Gasteiger partial charge is 0.309 e. The zero-order valence-corrected chi connectivity index (χ0v) is 33.8. The van der Waals surface area contributed by atoms with Crippen molar-refractivity contribution in [2.24, 2.45) is 29.6 Å². The van der Waals surface area contributed by atoms with Gasteiger partial charge in [0.15, 0.2) is 0 Å². The summed E-state index contributed by atoms with van der Waals surface area (Å²) < 4.78 is 0. The molecule has 0 saturated heterocycles. The highest BCUT2D eigenvalue weighted by atomic mass is 15.1. The van der Waals surface area contributed by atoms with E-state index in [-0.39, 0.29) is 5.41 Å². The predicted octanol–water partition coefficient (Wildman–Crippen LogP) is 15.2. The van der Waals surface area contributed by atoms with Gasteiger partial charge in [-0.2, -0.15) is 0 Å². The molecule has 3 atom stereocenters. The maximum absolute atomic E-state index is 2.66. The smallest absolute Gasteiger partial charge is 0.0543 e. The van der Waals surface area contributed by atoms with Gasteiger partial charge >= 0.3 is 0 Å². The molecular formula is C56H55N. The van der Waals surface area contributed by atoms with Crippen LogP contribution in [0, 0.1) is 29.6 Å². The summed E-state index contributed by atoms with van der Waals surface area (Å²) in [7, 11) is 0. The third-order valence-corrected chi connectivity index (χ3v) is 16.3. The molecule has 1 heteroatoms. The molecule has 0 N–H and O–H groups in total. The van der Waals surface area contributed by atoms with Crippen LogP contribution in [0.2, 0.25) is 0 Å². The molecule has 0 aromatic heterocycles. The quantitative estimate of drug-likeness (QED) is 0.157. The van der Waals surface area contributed by atoms with Gasteiger partial charge in [-0.1, -0.05) is 123 Å². The number of nitrogens with zero attached hydrogens (tertiary/aromatic N) is 1. The highest BCUT2D eigenvalue weighted by molar-refractivity contribution is 5.97. The number of anilines is 3. The molecule has 13 rings (SSSR count). The van der Waals surface area contributed by atoms with Crippen LogP contribution in [-0.4, -0.2) is 0 Å². The summed E-state index contributed by atoms with van der Waals surface area (Å²) in [6.45, 7) is 4.85. The molecular weight excluding hydrogens is 687 g/mol. The summed E-state index contributed by atoms with van der Waals surface area (Å²) in [6.07, 6.45) is 14.2. The Balaban J connectivity index is 1.09. The molecule has 284 valence electrons. The number of benzene rings is 6. The van der Waals surface area contributed by atoms with E-state index in [0.29, 0.717) is 11.3 Å². The second-order valence-corrected chi connectivity index (χ2v) is 20.0. The van der Waals surface area contributed by atoms with Crippen molar-refractivity contribution >= 4 is 17.1 Å². The van der Waals surface area contributed by atoms with E-state index in [4.69, 9.17) is 0 Å². The monoisotopic (exact) mass is 741 g/mol. The van der Waals surface area contributed by atoms with Crippen molar-refractivity contribution in [1.82, 2.24) is 0 Å². The van der Waals surface area contributed by atoms with Gasteiger partial charge in [0.2, 0.25) is 0 Å². The minimum absolute atomic E-state index is 0.113. The fourth-order valence-electron chi connectivity index (χ4n) is 14.1. The minimum atomic E-state index is -0.113. The SMILES string of the molecule is CC1(C)c2ccccc2-c2cc(-c3ccccc3)c(N(c3ccc(C4CC5CCC4C5)cc3)c3ccc(C45CC6CC(CC(C6)C4)C5)cc3-c3ccccc3)cc21. The van der Waals surface area contributed by atoms with Crippen molar-refractivity contribution in [3.63, 3.8) is 0 Å². The molecule has 0 spiro atoms. The van der Waals surface area contributed by atoms with Crippen molar-refractivity contribution in [1.29, 1.82) is 0 Å². The Morgan fingerprint density at radius 1 is 0.474 bits per heavy atom. The molecule has 7 aliphatic carbocycles. The van der Waals surface area contributed by atoms with Gasteiger partial charge in [0, 0.05) is 22.2 Å². The van der Waals surface area contributed by atoms with E-state index in [1.54, 1.807) is 11.1 Å². The lowest BCUT2D eigenvalue weighted by Gasteiger charge is -2.57. The van der Waals surface area contributed by atoms with Gasteiger partial charge in [0.05, 0.1) is 11.4 Å². The molecule has 0 radical (unpaired) electrons. The van der Waals surface area contributed by atoms with Gasteiger partial charge in [-0.15, -0.1) is 0 Å². The van der Waals surface area contributed by atoms with Crippen molar-refractivity contribution in [3.05, 3.63) is 162 Å². The van der Waals surface area contributed by atoms with E-state index < -0.39 is 0 Å². The summed E-state index contributed by atoms with van der Waals surface area (Å²) in [5.41, 5.74) is 17.9. The maximum Gasteiger partial charge on any atom is 0.0543 e. The fourth-order valence-corrected chi connectivity index (χ4v) is 14.1. The lowest BCUT2D eigenvalue weighted by Crippen LogP contribution is -2.48. The van der Waals surface area contributed by atoms with Gasteiger partial charge in [-0.3, -0.25) is 0 Å². The second-order valence-electron chi connectivity index (χ2n) is 20.0. The minimum Gasteiger partial charge on any atom is -0.309 e. The summed E-state index contributed by atoms with van der Waals surface area (Å²) in [6, 6.07) is 54.4. The van der Waals surface area contributed by atoms with E-state index in [2.05, 4.69) is 158 Å². The number of hydrogen-bond acceptors (Lipinski definition) is 1. The van der Waals surface area contributed by atoms with Gasteiger partial charge in [-0.25, -0.2) is 0 Å². The number of rotatable bonds is 7. The molecule has 6 bridgehead atoms. The highest BCUT2D eigenvalue weighted by Crippen LogP contribution is 2.62. The Bertz CT molecular complexity index is 2450. The van der Waals surface area contributed by atoms with Crippen LogP contribution in [0.3, 0.4) is 0 Å². The highest BCUT2D eigenvalue weighted by Gasteiger charge is 2.52. The van der Waals surface area contributed by atoms with Crippen LogP contribution >= 0.6 is 0 Å². The Hall–Kier alpha value is -4.88.